The second-order valence-electron chi connectivity index (χ2n) is 5.87. The van der Waals surface area contributed by atoms with Gasteiger partial charge in [-0.25, -0.2) is 0 Å². The normalized spacial score (nSPS) is 9.64. The first-order valence-electron chi connectivity index (χ1n) is 8.32. The Morgan fingerprint density at radius 1 is 0.643 bits per heavy atom. The first-order valence-corrected chi connectivity index (χ1v) is 8.32. The number of hydrogen-bond donors (Lipinski definition) is 2. The number of nitrogens with one attached hydrogen (secondary N) is 2. The summed E-state index contributed by atoms with van der Waals surface area (Å²) in [4.78, 5) is 24.9. The van der Waals surface area contributed by atoms with E-state index in [-0.39, 0.29) is 0 Å². The molecule has 0 aliphatic rings. The standard InChI is InChI=1S/C22H14N4O2/c23-13-15-4-1-8-19(10-15)25-21(27)17-6-3-7-18(12-17)22(28)26-20-9-2-5-16(11-20)14-24/h1-12H,(H,25,27)(H,26,28). The molecule has 3 aromatic carbocycles. The number of nitrogens with zero attached hydrogens (tertiary/aromatic N) is 2. The summed E-state index contributed by atoms with van der Waals surface area (Å²) in [5.41, 5.74) is 2.47. The highest BCUT2D eigenvalue weighted by molar-refractivity contribution is 6.08. The quantitative estimate of drug-likeness (QED) is 0.729. The Balaban J connectivity index is 1.75. The fourth-order valence-corrected chi connectivity index (χ4v) is 2.54. The van der Waals surface area contributed by atoms with Gasteiger partial charge in [-0.3, -0.25) is 9.59 Å². The van der Waals surface area contributed by atoms with Gasteiger partial charge in [-0.2, -0.15) is 10.5 Å². The van der Waals surface area contributed by atoms with Crippen molar-refractivity contribution in [2.45, 2.75) is 0 Å². The molecule has 0 aromatic heterocycles. The van der Waals surface area contributed by atoms with Crippen LogP contribution >= 0.6 is 0 Å². The highest BCUT2D eigenvalue weighted by Crippen LogP contribution is 2.15. The zero-order valence-electron chi connectivity index (χ0n) is 14.6. The zero-order valence-corrected chi connectivity index (χ0v) is 14.6. The summed E-state index contributed by atoms with van der Waals surface area (Å²) < 4.78 is 0. The highest BCUT2D eigenvalue weighted by atomic mass is 16.2. The van der Waals surface area contributed by atoms with E-state index in [4.69, 9.17) is 10.5 Å². The Morgan fingerprint density at radius 3 is 1.50 bits per heavy atom. The van der Waals surface area contributed by atoms with Crippen LogP contribution in [0.1, 0.15) is 31.8 Å². The maximum Gasteiger partial charge on any atom is 0.255 e. The number of carbonyl (C=O) groups excluding carboxylic acids is 2. The van der Waals surface area contributed by atoms with E-state index in [1.165, 1.54) is 6.07 Å². The van der Waals surface area contributed by atoms with Crippen molar-refractivity contribution >= 4 is 23.2 Å². The summed E-state index contributed by atoms with van der Waals surface area (Å²) in [5.74, 6) is -0.785. The summed E-state index contributed by atoms with van der Waals surface area (Å²) in [6.45, 7) is 0. The molecule has 0 saturated heterocycles. The lowest BCUT2D eigenvalue weighted by Gasteiger charge is -2.08. The fraction of sp³-hybridized carbons (Fsp3) is 0. The second-order valence-corrected chi connectivity index (χ2v) is 5.87. The van der Waals surface area contributed by atoms with Crippen LogP contribution in [0.5, 0.6) is 0 Å². The van der Waals surface area contributed by atoms with E-state index < -0.39 is 11.8 Å². The van der Waals surface area contributed by atoms with Crippen LogP contribution in [0.15, 0.2) is 72.8 Å². The number of carbonyl (C=O) groups is 2. The monoisotopic (exact) mass is 366 g/mol. The smallest absolute Gasteiger partial charge is 0.255 e. The Labute approximate surface area is 161 Å². The second kappa shape index (κ2) is 8.31. The summed E-state index contributed by atoms with van der Waals surface area (Å²) in [6.07, 6.45) is 0. The number of hydrogen-bond acceptors (Lipinski definition) is 4. The van der Waals surface area contributed by atoms with Crippen molar-refractivity contribution in [1.82, 2.24) is 0 Å². The first-order chi connectivity index (χ1) is 13.6. The minimum absolute atomic E-state index is 0.306. The SMILES string of the molecule is N#Cc1cccc(NC(=O)c2cccc(C(=O)Nc3cccc(C#N)c3)c2)c1. The van der Waals surface area contributed by atoms with E-state index in [1.807, 2.05) is 12.1 Å². The van der Waals surface area contributed by atoms with E-state index in [1.54, 1.807) is 66.7 Å². The molecule has 3 aromatic rings. The molecule has 3 rings (SSSR count). The molecule has 28 heavy (non-hydrogen) atoms. The van der Waals surface area contributed by atoms with E-state index >= 15 is 0 Å². The first kappa shape index (κ1) is 18.4. The lowest BCUT2D eigenvalue weighted by molar-refractivity contribution is 0.102. The molecule has 2 amide bonds. The molecule has 134 valence electrons. The molecular weight excluding hydrogens is 352 g/mol. The number of amides is 2. The van der Waals surface area contributed by atoms with Crippen molar-refractivity contribution in [1.29, 1.82) is 10.5 Å². The van der Waals surface area contributed by atoms with Gasteiger partial charge < -0.3 is 10.6 Å². The Morgan fingerprint density at radius 2 is 1.07 bits per heavy atom. The molecule has 0 unspecified atom stereocenters. The molecule has 6 nitrogen and oxygen atoms in total. The molecular formula is C22H14N4O2. The molecule has 0 spiro atoms. The van der Waals surface area contributed by atoms with Gasteiger partial charge in [-0.05, 0) is 54.6 Å². The summed E-state index contributed by atoms with van der Waals surface area (Å²) in [7, 11) is 0. The van der Waals surface area contributed by atoms with E-state index in [0.29, 0.717) is 33.6 Å². The van der Waals surface area contributed by atoms with Crippen LogP contribution in [-0.2, 0) is 0 Å². The Hall–Kier alpha value is -4.42. The molecule has 0 heterocycles. The maximum absolute atomic E-state index is 12.5. The summed E-state index contributed by atoms with van der Waals surface area (Å²) in [5, 5.41) is 23.3. The van der Waals surface area contributed by atoms with Crippen LogP contribution in [0.25, 0.3) is 0 Å². The summed E-state index contributed by atoms with van der Waals surface area (Å²) in [6, 6.07) is 23.4. The Bertz CT molecular complexity index is 1050. The van der Waals surface area contributed by atoms with Gasteiger partial charge in [-0.15, -0.1) is 0 Å². The number of nitriles is 2. The lowest BCUT2D eigenvalue weighted by atomic mass is 10.1. The van der Waals surface area contributed by atoms with Crippen molar-refractivity contribution in [3.8, 4) is 12.1 Å². The highest BCUT2D eigenvalue weighted by Gasteiger charge is 2.11. The van der Waals surface area contributed by atoms with Crippen LogP contribution in [0, 0.1) is 22.7 Å². The fourth-order valence-electron chi connectivity index (χ4n) is 2.54. The van der Waals surface area contributed by atoms with Crippen molar-refractivity contribution in [3.05, 3.63) is 95.1 Å². The van der Waals surface area contributed by atoms with E-state index in [2.05, 4.69) is 10.6 Å². The van der Waals surface area contributed by atoms with Crippen LogP contribution in [0.3, 0.4) is 0 Å². The molecule has 0 fully saturated rings. The van der Waals surface area contributed by atoms with Crippen LogP contribution in [-0.4, -0.2) is 11.8 Å². The van der Waals surface area contributed by atoms with Gasteiger partial charge in [0, 0.05) is 22.5 Å². The third kappa shape index (κ3) is 4.40. The van der Waals surface area contributed by atoms with Crippen molar-refractivity contribution in [3.63, 3.8) is 0 Å². The minimum Gasteiger partial charge on any atom is -0.322 e. The van der Waals surface area contributed by atoms with E-state index in [0.717, 1.165) is 0 Å². The number of anilines is 2. The minimum atomic E-state index is -0.392. The average molecular weight is 366 g/mol. The van der Waals surface area contributed by atoms with E-state index in [9.17, 15) is 9.59 Å². The van der Waals surface area contributed by atoms with Gasteiger partial charge in [0.05, 0.1) is 23.3 Å². The Kier molecular flexibility index (Phi) is 5.45. The molecule has 0 aliphatic heterocycles. The molecule has 0 saturated carbocycles. The van der Waals surface area contributed by atoms with Crippen molar-refractivity contribution < 1.29 is 9.59 Å². The number of rotatable bonds is 4. The van der Waals surface area contributed by atoms with Gasteiger partial charge in [0.1, 0.15) is 0 Å². The molecule has 2 N–H and O–H groups in total. The molecule has 0 radical (unpaired) electrons. The topological polar surface area (TPSA) is 106 Å². The molecule has 0 aliphatic carbocycles. The molecule has 0 atom stereocenters. The van der Waals surface area contributed by atoms with Crippen LogP contribution < -0.4 is 10.6 Å². The zero-order chi connectivity index (χ0) is 19.9. The third-order valence-corrected chi connectivity index (χ3v) is 3.89. The third-order valence-electron chi connectivity index (χ3n) is 3.89. The van der Waals surface area contributed by atoms with Gasteiger partial charge in [0.2, 0.25) is 0 Å². The van der Waals surface area contributed by atoms with Crippen molar-refractivity contribution in [2.24, 2.45) is 0 Å². The van der Waals surface area contributed by atoms with Crippen LogP contribution in [0.2, 0.25) is 0 Å². The van der Waals surface area contributed by atoms with Gasteiger partial charge in [0.25, 0.3) is 11.8 Å². The average Bonchev–Trinajstić information content (AvgIpc) is 2.74. The van der Waals surface area contributed by atoms with Crippen molar-refractivity contribution in [2.75, 3.05) is 10.6 Å². The predicted molar refractivity (Wildman–Crippen MR) is 105 cm³/mol. The lowest BCUT2D eigenvalue weighted by Crippen LogP contribution is -2.15. The predicted octanol–water partition coefficient (Wildman–Crippen LogP) is 3.93. The van der Waals surface area contributed by atoms with Crippen LogP contribution in [0.4, 0.5) is 11.4 Å². The largest absolute Gasteiger partial charge is 0.322 e. The maximum atomic E-state index is 12.5. The molecule has 0 bridgehead atoms. The molecule has 6 heteroatoms. The summed E-state index contributed by atoms with van der Waals surface area (Å²) >= 11 is 0. The van der Waals surface area contributed by atoms with Gasteiger partial charge in [-0.1, -0.05) is 18.2 Å². The van der Waals surface area contributed by atoms with Gasteiger partial charge >= 0.3 is 0 Å². The van der Waals surface area contributed by atoms with Gasteiger partial charge in [0.15, 0.2) is 0 Å². The number of benzene rings is 3.